The quantitative estimate of drug-likeness (QED) is 0.315. The molecule has 3 aliphatic rings. The second-order valence-corrected chi connectivity index (χ2v) is 8.74. The summed E-state index contributed by atoms with van der Waals surface area (Å²) in [5, 5.41) is 45.0. The van der Waals surface area contributed by atoms with Crippen molar-refractivity contribution in [3.8, 4) is 28.7 Å². The number of aromatic hydroxyl groups is 4. The molecule has 0 radical (unpaired) electrons. The third-order valence-corrected chi connectivity index (χ3v) is 6.15. The standard InChI is InChI=1S/C27H17N9O4/c37-15-6-8-17(20(39)12-15)22-29-25-30-23(18-9-7-16(38)13-21(18)40)32-27-34-24(33-26(31-22)35(25)27)19-10-11-28-36(19)14-4-2-1-3-5-14/h1-13,37-40H. The van der Waals surface area contributed by atoms with Crippen molar-refractivity contribution >= 4 is 35.4 Å². The van der Waals surface area contributed by atoms with E-state index in [2.05, 4.69) is 35.1 Å². The molecule has 3 aliphatic heterocycles. The smallest absolute Gasteiger partial charge is 0.243 e. The molecule has 13 nitrogen and oxygen atoms in total. The summed E-state index contributed by atoms with van der Waals surface area (Å²) in [6.07, 6.45) is 1.62. The number of hydrogen-bond donors (Lipinski definition) is 4. The van der Waals surface area contributed by atoms with Gasteiger partial charge < -0.3 is 20.4 Å². The van der Waals surface area contributed by atoms with Crippen molar-refractivity contribution in [2.24, 2.45) is 30.0 Å². The minimum Gasteiger partial charge on any atom is -0.508 e. The molecule has 0 unspecified atom stereocenters. The molecule has 4 N–H and O–H groups in total. The van der Waals surface area contributed by atoms with Crippen LogP contribution in [-0.4, -0.2) is 70.5 Å². The highest BCUT2D eigenvalue weighted by Gasteiger charge is 2.37. The summed E-state index contributed by atoms with van der Waals surface area (Å²) in [4.78, 5) is 28.9. The van der Waals surface area contributed by atoms with Gasteiger partial charge in [-0.25, -0.2) is 9.58 Å². The van der Waals surface area contributed by atoms with Gasteiger partial charge in [0.1, 0.15) is 28.7 Å². The number of amidine groups is 3. The van der Waals surface area contributed by atoms with E-state index in [1.54, 1.807) is 16.9 Å². The molecule has 13 heteroatoms. The van der Waals surface area contributed by atoms with Gasteiger partial charge in [0, 0.05) is 12.1 Å². The largest absolute Gasteiger partial charge is 0.508 e. The van der Waals surface area contributed by atoms with Crippen LogP contribution in [0.4, 0.5) is 0 Å². The van der Waals surface area contributed by atoms with Crippen molar-refractivity contribution in [2.75, 3.05) is 0 Å². The Morgan fingerprint density at radius 3 is 1.60 bits per heavy atom. The number of benzene rings is 3. The highest BCUT2D eigenvalue weighted by molar-refractivity contribution is 6.34. The molecule has 3 aromatic carbocycles. The zero-order valence-electron chi connectivity index (χ0n) is 20.3. The Hall–Kier alpha value is -6.11. The van der Waals surface area contributed by atoms with Crippen molar-refractivity contribution in [1.29, 1.82) is 0 Å². The average molecular weight is 531 g/mol. The van der Waals surface area contributed by atoms with Crippen LogP contribution in [0.3, 0.4) is 0 Å². The number of nitrogens with zero attached hydrogens (tertiary/aromatic N) is 9. The molecule has 4 aromatic rings. The number of para-hydroxylation sites is 1. The fourth-order valence-electron chi connectivity index (χ4n) is 4.31. The van der Waals surface area contributed by atoms with E-state index in [4.69, 9.17) is 0 Å². The monoisotopic (exact) mass is 531 g/mol. The van der Waals surface area contributed by atoms with Crippen molar-refractivity contribution in [3.63, 3.8) is 0 Å². The van der Waals surface area contributed by atoms with Crippen LogP contribution in [0.2, 0.25) is 0 Å². The fraction of sp³-hybridized carbons (Fsp3) is 0. The first-order valence-corrected chi connectivity index (χ1v) is 11.9. The molecule has 0 spiro atoms. The van der Waals surface area contributed by atoms with Gasteiger partial charge in [-0.05, 0) is 42.5 Å². The van der Waals surface area contributed by atoms with E-state index in [1.165, 1.54) is 41.3 Å². The number of phenols is 4. The maximum Gasteiger partial charge on any atom is 0.243 e. The lowest BCUT2D eigenvalue weighted by Crippen LogP contribution is -2.48. The van der Waals surface area contributed by atoms with E-state index in [9.17, 15) is 20.4 Å². The Bertz CT molecular complexity index is 1850. The van der Waals surface area contributed by atoms with E-state index in [-0.39, 0.29) is 69.5 Å². The van der Waals surface area contributed by atoms with E-state index in [0.717, 1.165) is 5.69 Å². The van der Waals surface area contributed by atoms with E-state index in [0.29, 0.717) is 5.69 Å². The second kappa shape index (κ2) is 8.73. The molecule has 40 heavy (non-hydrogen) atoms. The van der Waals surface area contributed by atoms with Gasteiger partial charge in [0.05, 0.1) is 23.0 Å². The predicted molar refractivity (Wildman–Crippen MR) is 147 cm³/mol. The van der Waals surface area contributed by atoms with Gasteiger partial charge in [-0.1, -0.05) is 18.2 Å². The first kappa shape index (κ1) is 23.0. The lowest BCUT2D eigenvalue weighted by Gasteiger charge is -2.30. The molecule has 4 heterocycles. The number of phenolic OH excluding ortho intramolecular Hbond substituents is 4. The number of hydrogen-bond acceptors (Lipinski definition) is 12. The van der Waals surface area contributed by atoms with E-state index in [1.807, 2.05) is 30.3 Å². The van der Waals surface area contributed by atoms with Crippen LogP contribution in [0.5, 0.6) is 23.0 Å². The Kier molecular flexibility index (Phi) is 5.03. The summed E-state index contributed by atoms with van der Waals surface area (Å²) in [5.41, 5.74) is 1.82. The van der Waals surface area contributed by atoms with Crippen LogP contribution in [0.25, 0.3) is 5.69 Å². The highest BCUT2D eigenvalue weighted by atomic mass is 16.3. The highest BCUT2D eigenvalue weighted by Crippen LogP contribution is 2.30. The van der Waals surface area contributed by atoms with E-state index >= 15 is 0 Å². The SMILES string of the molecule is Oc1ccc(C2=NC3=NC(c4ccc(O)cc4O)=NC4=NC(c5ccnn5-c5ccccc5)=NC(=N2)N34)c(O)c1. The molecular formula is C27H17N9O4. The summed E-state index contributed by atoms with van der Waals surface area (Å²) < 4.78 is 1.68. The van der Waals surface area contributed by atoms with Crippen LogP contribution in [0.1, 0.15) is 16.8 Å². The lowest BCUT2D eigenvalue weighted by molar-refractivity contribution is 0.449. The number of aromatic nitrogens is 2. The van der Waals surface area contributed by atoms with Gasteiger partial charge in [0.2, 0.25) is 17.9 Å². The molecule has 0 saturated carbocycles. The summed E-state index contributed by atoms with van der Waals surface area (Å²) >= 11 is 0. The van der Waals surface area contributed by atoms with Crippen LogP contribution in [0.15, 0.2) is 109 Å². The van der Waals surface area contributed by atoms with Crippen LogP contribution in [-0.2, 0) is 0 Å². The molecule has 0 fully saturated rings. The Morgan fingerprint density at radius 2 is 1.05 bits per heavy atom. The molecule has 0 bridgehead atoms. The number of aliphatic imine (C=N–C) groups is 6. The zero-order valence-corrected chi connectivity index (χ0v) is 20.3. The molecule has 194 valence electrons. The van der Waals surface area contributed by atoms with Gasteiger partial charge in [0.25, 0.3) is 0 Å². The molecule has 0 amide bonds. The molecule has 1 aromatic heterocycles. The molecular weight excluding hydrogens is 514 g/mol. The summed E-state index contributed by atoms with van der Waals surface area (Å²) in [7, 11) is 0. The fourth-order valence-corrected chi connectivity index (χ4v) is 4.31. The van der Waals surface area contributed by atoms with Gasteiger partial charge in [-0.15, -0.1) is 0 Å². The maximum atomic E-state index is 10.5. The summed E-state index contributed by atoms with van der Waals surface area (Å²) in [5.74, 6) is 0.0400. The Labute approximate surface area is 225 Å². The van der Waals surface area contributed by atoms with Crippen LogP contribution >= 0.6 is 0 Å². The Balaban J connectivity index is 1.43. The average Bonchev–Trinajstić information content (AvgIpc) is 3.43. The minimum absolute atomic E-state index is 0.0830. The summed E-state index contributed by atoms with van der Waals surface area (Å²) in [6.45, 7) is 0. The number of rotatable bonds is 4. The first-order valence-electron chi connectivity index (χ1n) is 11.9. The first-order chi connectivity index (χ1) is 19.4. The van der Waals surface area contributed by atoms with Gasteiger partial charge in [0.15, 0.2) is 17.5 Å². The van der Waals surface area contributed by atoms with Crippen molar-refractivity contribution in [3.05, 3.63) is 95.8 Å². The zero-order chi connectivity index (χ0) is 27.4. The molecule has 0 saturated heterocycles. The minimum atomic E-state index is -0.242. The second-order valence-electron chi connectivity index (χ2n) is 8.74. The van der Waals surface area contributed by atoms with Gasteiger partial charge in [-0.2, -0.15) is 35.1 Å². The topological polar surface area (TPSA) is 176 Å². The number of guanidine groups is 3. The molecule has 0 atom stereocenters. The van der Waals surface area contributed by atoms with Gasteiger partial charge in [-0.3, -0.25) is 0 Å². The van der Waals surface area contributed by atoms with Gasteiger partial charge >= 0.3 is 0 Å². The van der Waals surface area contributed by atoms with Crippen molar-refractivity contribution in [1.82, 2.24) is 14.7 Å². The molecule has 0 aliphatic carbocycles. The third-order valence-electron chi connectivity index (χ3n) is 6.15. The Morgan fingerprint density at radius 1 is 0.525 bits per heavy atom. The lowest BCUT2D eigenvalue weighted by atomic mass is 10.1. The molecule has 7 rings (SSSR count). The third kappa shape index (κ3) is 3.77. The van der Waals surface area contributed by atoms with Crippen molar-refractivity contribution in [2.45, 2.75) is 0 Å². The van der Waals surface area contributed by atoms with Crippen LogP contribution in [0, 0.1) is 0 Å². The van der Waals surface area contributed by atoms with Crippen LogP contribution < -0.4 is 0 Å². The summed E-state index contributed by atoms with van der Waals surface area (Å²) in [6, 6.07) is 19.3. The van der Waals surface area contributed by atoms with E-state index < -0.39 is 0 Å². The normalized spacial score (nSPS) is 15.8. The maximum absolute atomic E-state index is 10.5. The van der Waals surface area contributed by atoms with Crippen molar-refractivity contribution < 1.29 is 20.4 Å². The predicted octanol–water partition coefficient (Wildman–Crippen LogP) is 2.75.